The second kappa shape index (κ2) is 8.18. The molecule has 1 atom stereocenters. The monoisotopic (exact) mass is 403 g/mol. The van der Waals surface area contributed by atoms with Gasteiger partial charge in [0, 0.05) is 5.02 Å². The molecule has 28 heavy (non-hydrogen) atoms. The summed E-state index contributed by atoms with van der Waals surface area (Å²) in [6, 6.07) is 10.5. The lowest BCUT2D eigenvalue weighted by atomic mass is 10.2. The second-order valence-electron chi connectivity index (χ2n) is 5.94. The van der Waals surface area contributed by atoms with Gasteiger partial charge in [-0.25, -0.2) is 9.37 Å². The summed E-state index contributed by atoms with van der Waals surface area (Å²) < 4.78 is 19.9. The van der Waals surface area contributed by atoms with Gasteiger partial charge in [0.15, 0.2) is 6.10 Å². The van der Waals surface area contributed by atoms with Crippen LogP contribution in [0, 0.1) is 5.82 Å². The maximum atomic E-state index is 13.7. The quantitative estimate of drug-likeness (QED) is 0.661. The van der Waals surface area contributed by atoms with Crippen LogP contribution >= 0.6 is 11.6 Å². The third-order valence-electron chi connectivity index (χ3n) is 3.90. The van der Waals surface area contributed by atoms with Gasteiger partial charge >= 0.3 is 5.97 Å². The summed E-state index contributed by atoms with van der Waals surface area (Å²) in [6.45, 7) is 0.923. The fourth-order valence-corrected chi connectivity index (χ4v) is 2.63. The highest BCUT2D eigenvalue weighted by atomic mass is 35.5. The van der Waals surface area contributed by atoms with Crippen molar-refractivity contribution in [3.05, 3.63) is 70.0 Å². The van der Waals surface area contributed by atoms with Gasteiger partial charge < -0.3 is 10.1 Å². The molecule has 0 unspecified atom stereocenters. The molecule has 0 aliphatic carbocycles. The zero-order valence-corrected chi connectivity index (χ0v) is 15.4. The second-order valence-corrected chi connectivity index (χ2v) is 6.38. The number of rotatable bonds is 5. The Morgan fingerprint density at radius 1 is 1.29 bits per heavy atom. The molecular formula is C19H15ClFN3O4. The van der Waals surface area contributed by atoms with Crippen LogP contribution in [-0.4, -0.2) is 27.5 Å². The highest BCUT2D eigenvalue weighted by Gasteiger charge is 2.20. The number of benzene rings is 2. The van der Waals surface area contributed by atoms with Crippen molar-refractivity contribution in [3.8, 4) is 0 Å². The topological polar surface area (TPSA) is 90.3 Å². The van der Waals surface area contributed by atoms with Crippen molar-refractivity contribution in [1.29, 1.82) is 0 Å². The molecule has 9 heteroatoms. The molecule has 3 rings (SSSR count). The third-order valence-corrected chi connectivity index (χ3v) is 4.13. The first-order valence-electron chi connectivity index (χ1n) is 8.24. The van der Waals surface area contributed by atoms with E-state index in [0.717, 1.165) is 10.6 Å². The number of nitrogens with one attached hydrogen (secondary N) is 1. The van der Waals surface area contributed by atoms with Gasteiger partial charge in [-0.2, -0.15) is 0 Å². The summed E-state index contributed by atoms with van der Waals surface area (Å²) in [5.74, 6) is -2.25. The Morgan fingerprint density at radius 2 is 2.04 bits per heavy atom. The van der Waals surface area contributed by atoms with Crippen molar-refractivity contribution in [1.82, 2.24) is 9.55 Å². The average Bonchev–Trinajstić information content (AvgIpc) is 2.66. The normalized spacial score (nSPS) is 11.8. The van der Waals surface area contributed by atoms with Crippen molar-refractivity contribution in [2.45, 2.75) is 19.6 Å². The molecule has 3 aromatic rings. The van der Waals surface area contributed by atoms with Crippen LogP contribution < -0.4 is 10.9 Å². The number of nitrogens with zero attached hydrogens (tertiary/aromatic N) is 2. The number of carbonyl (C=O) groups excluding carboxylic acids is 2. The molecule has 144 valence electrons. The summed E-state index contributed by atoms with van der Waals surface area (Å²) >= 11 is 5.66. The maximum Gasteiger partial charge on any atom is 0.326 e. The van der Waals surface area contributed by atoms with Crippen LogP contribution in [0.1, 0.15) is 6.92 Å². The lowest BCUT2D eigenvalue weighted by Gasteiger charge is -2.14. The third kappa shape index (κ3) is 4.34. The number of para-hydroxylation sites is 1. The molecule has 7 nitrogen and oxygen atoms in total. The maximum absolute atomic E-state index is 13.7. The molecule has 1 heterocycles. The molecule has 0 saturated heterocycles. The number of carbonyl (C=O) groups is 2. The van der Waals surface area contributed by atoms with E-state index >= 15 is 0 Å². The molecule has 0 radical (unpaired) electrons. The van der Waals surface area contributed by atoms with E-state index < -0.39 is 35.9 Å². The van der Waals surface area contributed by atoms with E-state index in [1.54, 1.807) is 24.3 Å². The van der Waals surface area contributed by atoms with Gasteiger partial charge in [-0.3, -0.25) is 19.0 Å². The van der Waals surface area contributed by atoms with E-state index in [2.05, 4.69) is 10.3 Å². The number of hydrogen-bond donors (Lipinski definition) is 1. The van der Waals surface area contributed by atoms with E-state index in [1.165, 1.54) is 25.4 Å². The predicted molar refractivity (Wildman–Crippen MR) is 102 cm³/mol. The minimum absolute atomic E-state index is 0.0905. The van der Waals surface area contributed by atoms with Crippen LogP contribution in [0.2, 0.25) is 5.02 Å². The van der Waals surface area contributed by atoms with Crippen molar-refractivity contribution in [2.24, 2.45) is 0 Å². The fraction of sp³-hybridized carbons (Fsp3) is 0.158. The molecule has 0 spiro atoms. The molecule has 2 aromatic carbocycles. The van der Waals surface area contributed by atoms with Gasteiger partial charge in [0.05, 0.1) is 22.9 Å². The number of ether oxygens (including phenoxy) is 1. The summed E-state index contributed by atoms with van der Waals surface area (Å²) in [5.41, 5.74) is 0.0185. The van der Waals surface area contributed by atoms with E-state index in [-0.39, 0.29) is 10.7 Å². The highest BCUT2D eigenvalue weighted by molar-refractivity contribution is 6.30. The molecule has 0 fully saturated rings. The Labute approximate surface area is 163 Å². The van der Waals surface area contributed by atoms with Crippen molar-refractivity contribution >= 4 is 40.1 Å². The average molecular weight is 404 g/mol. The van der Waals surface area contributed by atoms with E-state index in [4.69, 9.17) is 16.3 Å². The standard InChI is InChI=1S/C19H15ClFN3O4/c1-11(18(26)23-16-7-6-12(20)8-14(16)21)28-17(25)9-24-10-22-15-5-3-2-4-13(15)19(24)27/h2-8,10-11H,9H2,1H3,(H,23,26)/t11-/m0/s1. The van der Waals surface area contributed by atoms with Gasteiger partial charge in [-0.05, 0) is 37.3 Å². The number of halogens is 2. The fourth-order valence-electron chi connectivity index (χ4n) is 2.47. The number of esters is 1. The van der Waals surface area contributed by atoms with Gasteiger partial charge in [0.2, 0.25) is 0 Å². The van der Waals surface area contributed by atoms with E-state index in [1.807, 2.05) is 0 Å². The highest BCUT2D eigenvalue weighted by Crippen LogP contribution is 2.19. The summed E-state index contributed by atoms with van der Waals surface area (Å²) in [5, 5.41) is 2.86. The van der Waals surface area contributed by atoms with Gasteiger partial charge in [-0.15, -0.1) is 0 Å². The van der Waals surface area contributed by atoms with Crippen LogP contribution in [-0.2, 0) is 20.9 Å². The summed E-state index contributed by atoms with van der Waals surface area (Å²) in [6.07, 6.45) is 0.0337. The molecule has 0 bridgehead atoms. The van der Waals surface area contributed by atoms with Crippen LogP contribution in [0.15, 0.2) is 53.6 Å². The van der Waals surface area contributed by atoms with Crippen LogP contribution in [0.5, 0.6) is 0 Å². The molecule has 0 aliphatic heterocycles. The Bertz CT molecular complexity index is 1120. The predicted octanol–water partition coefficient (Wildman–Crippen LogP) is 2.76. The molecule has 1 N–H and O–H groups in total. The Morgan fingerprint density at radius 3 is 2.79 bits per heavy atom. The number of anilines is 1. The lowest BCUT2D eigenvalue weighted by molar-refractivity contribution is -0.153. The van der Waals surface area contributed by atoms with E-state index in [9.17, 15) is 18.8 Å². The first-order valence-corrected chi connectivity index (χ1v) is 8.62. The first kappa shape index (κ1) is 19.5. The van der Waals surface area contributed by atoms with Crippen molar-refractivity contribution < 1.29 is 18.7 Å². The largest absolute Gasteiger partial charge is 0.451 e. The van der Waals surface area contributed by atoms with E-state index in [0.29, 0.717) is 10.9 Å². The lowest BCUT2D eigenvalue weighted by Crippen LogP contribution is -2.33. The minimum Gasteiger partial charge on any atom is -0.451 e. The molecule has 0 aliphatic rings. The van der Waals surface area contributed by atoms with Crippen molar-refractivity contribution in [2.75, 3.05) is 5.32 Å². The Hall–Kier alpha value is -3.26. The van der Waals surface area contributed by atoms with Gasteiger partial charge in [0.1, 0.15) is 12.4 Å². The molecular weight excluding hydrogens is 389 g/mol. The Kier molecular flexibility index (Phi) is 5.70. The number of hydrogen-bond acceptors (Lipinski definition) is 5. The number of aromatic nitrogens is 2. The zero-order chi connectivity index (χ0) is 20.3. The minimum atomic E-state index is -1.20. The first-order chi connectivity index (χ1) is 13.3. The SMILES string of the molecule is C[C@H](OC(=O)Cn1cnc2ccccc2c1=O)C(=O)Nc1ccc(Cl)cc1F. The molecule has 1 aromatic heterocycles. The van der Waals surface area contributed by atoms with Gasteiger partial charge in [0.25, 0.3) is 11.5 Å². The summed E-state index contributed by atoms with van der Waals surface area (Å²) in [7, 11) is 0. The smallest absolute Gasteiger partial charge is 0.326 e. The summed E-state index contributed by atoms with van der Waals surface area (Å²) in [4.78, 5) is 40.7. The van der Waals surface area contributed by atoms with Crippen LogP contribution in [0.4, 0.5) is 10.1 Å². The molecule has 1 amide bonds. The van der Waals surface area contributed by atoms with Gasteiger partial charge in [-0.1, -0.05) is 23.7 Å². The van der Waals surface area contributed by atoms with Crippen LogP contribution in [0.3, 0.4) is 0 Å². The molecule has 0 saturated carbocycles. The van der Waals surface area contributed by atoms with Crippen molar-refractivity contribution in [3.63, 3.8) is 0 Å². The van der Waals surface area contributed by atoms with Crippen LogP contribution in [0.25, 0.3) is 10.9 Å². The Balaban J connectivity index is 1.65. The zero-order valence-electron chi connectivity index (χ0n) is 14.7. The number of amides is 1. The number of fused-ring (bicyclic) bond motifs is 1.